The summed E-state index contributed by atoms with van der Waals surface area (Å²) in [4.78, 5) is 26.6. The molecule has 1 atom stereocenters. The average molecular weight is 238 g/mol. The van der Waals surface area contributed by atoms with E-state index in [9.17, 15) is 9.59 Å². The number of hydrogen-bond donors (Lipinski definition) is 2. The largest absolute Gasteiger partial charge is 0.370 e. The summed E-state index contributed by atoms with van der Waals surface area (Å²) < 4.78 is 1.59. The van der Waals surface area contributed by atoms with E-state index < -0.39 is 5.91 Å². The molecule has 3 N–H and O–H groups in total. The van der Waals surface area contributed by atoms with Gasteiger partial charge >= 0.3 is 0 Å². The van der Waals surface area contributed by atoms with Crippen LogP contribution in [-0.4, -0.2) is 21.5 Å². The number of carbonyl (C=O) groups excluding carboxylic acids is 1. The minimum absolute atomic E-state index is 0.170. The van der Waals surface area contributed by atoms with Crippen molar-refractivity contribution in [3.05, 3.63) is 22.7 Å². The Morgan fingerprint density at radius 3 is 2.94 bits per heavy atom. The summed E-state index contributed by atoms with van der Waals surface area (Å²) in [6.07, 6.45) is 4.26. The van der Waals surface area contributed by atoms with Crippen LogP contribution in [0.2, 0.25) is 0 Å². The molecule has 0 saturated carbocycles. The molecule has 1 amide bonds. The van der Waals surface area contributed by atoms with Gasteiger partial charge in [0.1, 0.15) is 0 Å². The van der Waals surface area contributed by atoms with Crippen molar-refractivity contribution in [2.24, 2.45) is 5.73 Å². The van der Waals surface area contributed by atoms with E-state index in [0.29, 0.717) is 6.54 Å². The van der Waals surface area contributed by atoms with E-state index in [2.05, 4.69) is 10.3 Å². The Hall–Kier alpha value is -1.85. The summed E-state index contributed by atoms with van der Waals surface area (Å²) in [7, 11) is 0. The van der Waals surface area contributed by atoms with Crippen LogP contribution >= 0.6 is 0 Å². The number of nitrogens with one attached hydrogen (secondary N) is 1. The van der Waals surface area contributed by atoms with Crippen molar-refractivity contribution in [1.82, 2.24) is 9.55 Å². The summed E-state index contributed by atoms with van der Waals surface area (Å²) >= 11 is 0. The Balaban J connectivity index is 2.81. The first-order chi connectivity index (χ1) is 8.04. The molecule has 94 valence electrons. The minimum Gasteiger partial charge on any atom is -0.370 e. The van der Waals surface area contributed by atoms with Crippen LogP contribution in [-0.2, 0) is 11.3 Å². The molecule has 0 aliphatic carbocycles. The van der Waals surface area contributed by atoms with Crippen LogP contribution in [0, 0.1) is 0 Å². The first-order valence-electron chi connectivity index (χ1n) is 5.65. The maximum atomic E-state index is 11.9. The highest BCUT2D eigenvalue weighted by Gasteiger charge is 2.10. The molecule has 0 fully saturated rings. The van der Waals surface area contributed by atoms with Gasteiger partial charge in [0.2, 0.25) is 5.91 Å². The number of hydrogen-bond acceptors (Lipinski definition) is 4. The number of aromatic nitrogens is 2. The van der Waals surface area contributed by atoms with Crippen LogP contribution in [0.4, 0.5) is 5.82 Å². The zero-order valence-corrected chi connectivity index (χ0v) is 10.1. The fourth-order valence-electron chi connectivity index (χ4n) is 1.55. The van der Waals surface area contributed by atoms with Crippen LogP contribution in [0.5, 0.6) is 0 Å². The zero-order chi connectivity index (χ0) is 12.8. The Bertz CT molecular complexity index is 441. The van der Waals surface area contributed by atoms with Gasteiger partial charge < -0.3 is 15.6 Å². The topological polar surface area (TPSA) is 90.0 Å². The van der Waals surface area contributed by atoms with Crippen molar-refractivity contribution >= 4 is 11.7 Å². The molecule has 1 unspecified atom stereocenters. The quantitative estimate of drug-likeness (QED) is 0.747. The molecule has 0 radical (unpaired) electrons. The summed E-state index contributed by atoms with van der Waals surface area (Å²) in [6, 6.07) is -0.204. The summed E-state index contributed by atoms with van der Waals surface area (Å²) in [5, 5.41) is 2.90. The molecule has 1 rings (SSSR count). The van der Waals surface area contributed by atoms with Crippen LogP contribution < -0.4 is 16.6 Å². The monoisotopic (exact) mass is 238 g/mol. The lowest BCUT2D eigenvalue weighted by molar-refractivity contribution is -0.118. The molecule has 17 heavy (non-hydrogen) atoms. The molecule has 0 aliphatic rings. The molecule has 6 heteroatoms. The SMILES string of the molecule is CCCn1ccnc(NC(C)CC(N)=O)c1=O. The number of anilines is 1. The molecule has 0 aliphatic heterocycles. The van der Waals surface area contributed by atoms with Gasteiger partial charge in [-0.25, -0.2) is 4.98 Å². The second kappa shape index (κ2) is 6.03. The smallest absolute Gasteiger partial charge is 0.293 e. The first-order valence-corrected chi connectivity index (χ1v) is 5.65. The fourth-order valence-corrected chi connectivity index (χ4v) is 1.55. The third-order valence-corrected chi connectivity index (χ3v) is 2.27. The lowest BCUT2D eigenvalue weighted by Crippen LogP contribution is -2.30. The summed E-state index contributed by atoms with van der Waals surface area (Å²) in [6.45, 7) is 4.43. The lowest BCUT2D eigenvalue weighted by Gasteiger charge is -2.13. The van der Waals surface area contributed by atoms with Crippen LogP contribution in [0.15, 0.2) is 17.2 Å². The van der Waals surface area contributed by atoms with E-state index in [4.69, 9.17) is 5.73 Å². The number of primary amides is 1. The first kappa shape index (κ1) is 13.2. The van der Waals surface area contributed by atoms with Gasteiger partial charge in [-0.05, 0) is 13.3 Å². The van der Waals surface area contributed by atoms with Gasteiger partial charge in [0.25, 0.3) is 5.56 Å². The van der Waals surface area contributed by atoms with E-state index in [1.54, 1.807) is 23.9 Å². The number of amides is 1. The number of nitrogens with two attached hydrogens (primary N) is 1. The van der Waals surface area contributed by atoms with Crippen molar-refractivity contribution < 1.29 is 4.79 Å². The molecule has 1 aromatic heterocycles. The van der Waals surface area contributed by atoms with Crippen molar-refractivity contribution in [2.45, 2.75) is 39.3 Å². The van der Waals surface area contributed by atoms with Gasteiger partial charge in [-0.2, -0.15) is 0 Å². The number of aryl methyl sites for hydroxylation is 1. The minimum atomic E-state index is -0.408. The number of nitrogens with zero attached hydrogens (tertiary/aromatic N) is 2. The van der Waals surface area contributed by atoms with E-state index in [-0.39, 0.29) is 23.8 Å². The Morgan fingerprint density at radius 2 is 2.35 bits per heavy atom. The lowest BCUT2D eigenvalue weighted by atomic mass is 10.2. The molecular weight excluding hydrogens is 220 g/mol. The fraction of sp³-hybridized carbons (Fsp3) is 0.545. The van der Waals surface area contributed by atoms with Crippen LogP contribution in [0.3, 0.4) is 0 Å². The second-order valence-electron chi connectivity index (χ2n) is 3.99. The summed E-state index contributed by atoms with van der Waals surface area (Å²) in [5.41, 5.74) is 4.90. The maximum absolute atomic E-state index is 11.9. The third kappa shape index (κ3) is 3.90. The van der Waals surface area contributed by atoms with Crippen molar-refractivity contribution in [1.29, 1.82) is 0 Å². The highest BCUT2D eigenvalue weighted by atomic mass is 16.1. The Kier molecular flexibility index (Phi) is 4.68. The van der Waals surface area contributed by atoms with E-state index in [1.165, 1.54) is 0 Å². The van der Waals surface area contributed by atoms with Crippen LogP contribution in [0.1, 0.15) is 26.7 Å². The van der Waals surface area contributed by atoms with Gasteiger partial charge in [-0.1, -0.05) is 6.92 Å². The summed E-state index contributed by atoms with van der Waals surface area (Å²) in [5.74, 6) is -0.149. The molecule has 0 bridgehead atoms. The molecular formula is C11H18N4O2. The van der Waals surface area contributed by atoms with Gasteiger partial charge in [-0.15, -0.1) is 0 Å². The number of carbonyl (C=O) groups is 1. The predicted molar refractivity (Wildman–Crippen MR) is 65.7 cm³/mol. The normalized spacial score (nSPS) is 12.1. The Morgan fingerprint density at radius 1 is 1.65 bits per heavy atom. The van der Waals surface area contributed by atoms with E-state index in [0.717, 1.165) is 6.42 Å². The van der Waals surface area contributed by atoms with Gasteiger partial charge in [0, 0.05) is 31.4 Å². The molecule has 1 aromatic rings. The Labute approximate surface area is 99.8 Å². The molecule has 6 nitrogen and oxygen atoms in total. The van der Waals surface area contributed by atoms with Gasteiger partial charge in [0.05, 0.1) is 0 Å². The standard InChI is InChI=1S/C11H18N4O2/c1-3-5-15-6-4-13-10(11(15)17)14-8(2)7-9(12)16/h4,6,8H,3,5,7H2,1-2H3,(H2,12,16)(H,13,14). The van der Waals surface area contributed by atoms with Crippen molar-refractivity contribution in [2.75, 3.05) is 5.32 Å². The van der Waals surface area contributed by atoms with Crippen molar-refractivity contribution in [3.63, 3.8) is 0 Å². The van der Waals surface area contributed by atoms with Crippen molar-refractivity contribution in [3.8, 4) is 0 Å². The second-order valence-corrected chi connectivity index (χ2v) is 3.99. The van der Waals surface area contributed by atoms with E-state index in [1.807, 2.05) is 6.92 Å². The molecule has 0 aromatic carbocycles. The zero-order valence-electron chi connectivity index (χ0n) is 10.1. The molecule has 1 heterocycles. The molecule has 0 saturated heterocycles. The number of rotatable bonds is 6. The highest BCUT2D eigenvalue weighted by molar-refractivity contribution is 5.74. The third-order valence-electron chi connectivity index (χ3n) is 2.27. The predicted octanol–water partition coefficient (Wildman–Crippen LogP) is 0.329. The van der Waals surface area contributed by atoms with E-state index >= 15 is 0 Å². The van der Waals surface area contributed by atoms with Gasteiger partial charge in [0.15, 0.2) is 5.82 Å². The highest BCUT2D eigenvalue weighted by Crippen LogP contribution is 2.00. The van der Waals surface area contributed by atoms with Crippen LogP contribution in [0.25, 0.3) is 0 Å². The van der Waals surface area contributed by atoms with Gasteiger partial charge in [-0.3, -0.25) is 9.59 Å². The maximum Gasteiger partial charge on any atom is 0.293 e. The molecule has 0 spiro atoms. The average Bonchev–Trinajstić information content (AvgIpc) is 2.23.